The van der Waals surface area contributed by atoms with Crippen molar-refractivity contribution in [3.8, 4) is 11.5 Å². The van der Waals surface area contributed by atoms with Crippen molar-refractivity contribution in [3.63, 3.8) is 0 Å². The summed E-state index contributed by atoms with van der Waals surface area (Å²) in [5.41, 5.74) is 0.666. The Hall–Kier alpha value is -1.59. The molecule has 1 aromatic rings. The zero-order chi connectivity index (χ0) is 17.6. The van der Waals surface area contributed by atoms with Gasteiger partial charge in [-0.1, -0.05) is 19.9 Å². The maximum atomic E-state index is 12.4. The molecule has 0 radical (unpaired) electrons. The highest BCUT2D eigenvalue weighted by Gasteiger charge is 2.27. The zero-order valence-electron chi connectivity index (χ0n) is 15.1. The lowest BCUT2D eigenvalue weighted by Gasteiger charge is -2.34. The van der Waals surface area contributed by atoms with Crippen LogP contribution in [0, 0.1) is 5.41 Å². The predicted octanol–water partition coefficient (Wildman–Crippen LogP) is 3.85. The average Bonchev–Trinajstić information content (AvgIpc) is 2.58. The number of methoxy groups -OCH3 is 2. The Morgan fingerprint density at radius 2 is 1.88 bits per heavy atom. The molecule has 2 rings (SSSR count). The summed E-state index contributed by atoms with van der Waals surface area (Å²) in [4.78, 5) is 12.4. The number of unbranched alkanes of at least 4 members (excludes halogenated alkanes) is 1. The number of para-hydroxylation sites is 1. The molecule has 0 saturated carbocycles. The minimum Gasteiger partial charge on any atom is -0.493 e. The van der Waals surface area contributed by atoms with Crippen LogP contribution >= 0.6 is 0 Å². The summed E-state index contributed by atoms with van der Waals surface area (Å²) in [6.07, 6.45) is 2.84. The van der Waals surface area contributed by atoms with Gasteiger partial charge in [0.2, 0.25) is 0 Å². The van der Waals surface area contributed by atoms with E-state index in [1.54, 1.807) is 32.4 Å². The Labute approximate surface area is 144 Å². The Morgan fingerprint density at radius 3 is 2.50 bits per heavy atom. The number of carbonyl (C=O) groups excluding carboxylic acids is 1. The van der Waals surface area contributed by atoms with Crippen molar-refractivity contribution in [2.45, 2.75) is 45.8 Å². The van der Waals surface area contributed by atoms with Crippen LogP contribution in [0.3, 0.4) is 0 Å². The van der Waals surface area contributed by atoms with Crippen LogP contribution in [0.2, 0.25) is 0 Å². The Balaban J connectivity index is 1.78. The van der Waals surface area contributed by atoms with Gasteiger partial charge in [-0.2, -0.15) is 0 Å². The lowest BCUT2D eigenvalue weighted by Crippen LogP contribution is -2.37. The Bertz CT molecular complexity index is 543. The van der Waals surface area contributed by atoms with E-state index < -0.39 is 0 Å². The highest BCUT2D eigenvalue weighted by molar-refractivity contribution is 5.99. The van der Waals surface area contributed by atoms with Gasteiger partial charge in [0.25, 0.3) is 0 Å². The molecular weight excluding hydrogens is 308 g/mol. The Morgan fingerprint density at radius 1 is 1.17 bits per heavy atom. The third kappa shape index (κ3) is 4.95. The molecule has 24 heavy (non-hydrogen) atoms. The molecule has 0 unspecified atom stereocenters. The number of Topliss-reactive ketones (excluding diaryl/α,β-unsaturated/α-hetero) is 1. The number of benzene rings is 1. The minimum atomic E-state index is -0.139. The third-order valence-corrected chi connectivity index (χ3v) is 4.12. The van der Waals surface area contributed by atoms with E-state index in [2.05, 4.69) is 13.8 Å². The molecule has 1 saturated heterocycles. The molecule has 1 aliphatic heterocycles. The van der Waals surface area contributed by atoms with Crippen LogP contribution in [0.15, 0.2) is 18.2 Å². The van der Waals surface area contributed by atoms with Crippen LogP contribution in [0.5, 0.6) is 11.5 Å². The monoisotopic (exact) mass is 336 g/mol. The topological polar surface area (TPSA) is 54.0 Å². The van der Waals surface area contributed by atoms with Gasteiger partial charge in [-0.15, -0.1) is 0 Å². The summed E-state index contributed by atoms with van der Waals surface area (Å²) >= 11 is 0. The molecule has 0 aromatic heterocycles. The number of carbonyl (C=O) groups is 1. The molecule has 0 N–H and O–H groups in total. The van der Waals surface area contributed by atoms with E-state index in [0.29, 0.717) is 23.5 Å². The molecule has 1 heterocycles. The fourth-order valence-corrected chi connectivity index (χ4v) is 2.73. The number of hydrogen-bond donors (Lipinski definition) is 0. The molecule has 5 heteroatoms. The lowest BCUT2D eigenvalue weighted by atomic mass is 9.95. The van der Waals surface area contributed by atoms with E-state index in [1.165, 1.54) is 0 Å². The van der Waals surface area contributed by atoms with Crippen LogP contribution < -0.4 is 9.47 Å². The van der Waals surface area contributed by atoms with Crippen molar-refractivity contribution >= 4 is 5.78 Å². The fourth-order valence-electron chi connectivity index (χ4n) is 2.73. The number of ketones is 1. The van der Waals surface area contributed by atoms with Crippen LogP contribution in [0.4, 0.5) is 0 Å². The molecule has 0 atom stereocenters. The maximum absolute atomic E-state index is 12.4. The molecule has 0 spiro atoms. The van der Waals surface area contributed by atoms with Gasteiger partial charge in [0.1, 0.15) is 0 Å². The second kappa shape index (κ2) is 8.49. The summed E-state index contributed by atoms with van der Waals surface area (Å²) in [5, 5.41) is 0. The van der Waals surface area contributed by atoms with Crippen molar-refractivity contribution in [2.75, 3.05) is 27.4 Å². The summed E-state index contributed by atoms with van der Waals surface area (Å²) in [5.74, 6) is 1.15. The van der Waals surface area contributed by atoms with Gasteiger partial charge in [-0.3, -0.25) is 4.79 Å². The van der Waals surface area contributed by atoms with Crippen molar-refractivity contribution in [3.05, 3.63) is 23.8 Å². The van der Waals surface area contributed by atoms with Crippen LogP contribution in [0.1, 0.15) is 49.9 Å². The summed E-state index contributed by atoms with van der Waals surface area (Å²) < 4.78 is 22.0. The van der Waals surface area contributed by atoms with Gasteiger partial charge < -0.3 is 18.9 Å². The summed E-state index contributed by atoms with van der Waals surface area (Å²) in [6, 6.07) is 5.37. The van der Waals surface area contributed by atoms with Gasteiger partial charge >= 0.3 is 0 Å². The first-order valence-electron chi connectivity index (χ1n) is 8.44. The first kappa shape index (κ1) is 18.7. The SMILES string of the molecule is COc1cccc(C(=O)CCCCC2OCC(C)(C)CO2)c1OC. The average molecular weight is 336 g/mol. The lowest BCUT2D eigenvalue weighted by molar-refractivity contribution is -0.224. The van der Waals surface area contributed by atoms with E-state index in [-0.39, 0.29) is 17.5 Å². The fraction of sp³-hybridized carbons (Fsp3) is 0.632. The molecule has 1 aromatic carbocycles. The summed E-state index contributed by atoms with van der Waals surface area (Å²) in [6.45, 7) is 5.70. The van der Waals surface area contributed by atoms with Crippen molar-refractivity contribution < 1.29 is 23.7 Å². The third-order valence-electron chi connectivity index (χ3n) is 4.12. The minimum absolute atomic E-state index is 0.0670. The summed E-state index contributed by atoms with van der Waals surface area (Å²) in [7, 11) is 3.12. The molecule has 134 valence electrons. The quantitative estimate of drug-likeness (QED) is 0.533. The van der Waals surface area contributed by atoms with Gasteiger partial charge in [-0.05, 0) is 31.4 Å². The van der Waals surface area contributed by atoms with Crippen LogP contribution in [-0.4, -0.2) is 39.5 Å². The van der Waals surface area contributed by atoms with E-state index in [9.17, 15) is 4.79 Å². The molecular formula is C19H28O5. The van der Waals surface area contributed by atoms with E-state index >= 15 is 0 Å². The van der Waals surface area contributed by atoms with Crippen LogP contribution in [-0.2, 0) is 9.47 Å². The van der Waals surface area contributed by atoms with Crippen molar-refractivity contribution in [2.24, 2.45) is 5.41 Å². The maximum Gasteiger partial charge on any atom is 0.171 e. The second-order valence-electron chi connectivity index (χ2n) is 6.93. The number of hydrogen-bond acceptors (Lipinski definition) is 5. The van der Waals surface area contributed by atoms with E-state index in [0.717, 1.165) is 32.5 Å². The molecule has 1 aliphatic rings. The van der Waals surface area contributed by atoms with Gasteiger partial charge in [0.15, 0.2) is 23.6 Å². The van der Waals surface area contributed by atoms with E-state index in [1.807, 2.05) is 0 Å². The van der Waals surface area contributed by atoms with Gasteiger partial charge in [0.05, 0.1) is 33.0 Å². The molecule has 0 bridgehead atoms. The smallest absolute Gasteiger partial charge is 0.171 e. The van der Waals surface area contributed by atoms with Crippen molar-refractivity contribution in [1.29, 1.82) is 0 Å². The second-order valence-corrected chi connectivity index (χ2v) is 6.93. The predicted molar refractivity (Wildman–Crippen MR) is 91.8 cm³/mol. The van der Waals surface area contributed by atoms with Crippen LogP contribution in [0.25, 0.3) is 0 Å². The first-order chi connectivity index (χ1) is 11.5. The number of rotatable bonds is 8. The van der Waals surface area contributed by atoms with Crippen molar-refractivity contribution in [1.82, 2.24) is 0 Å². The first-order valence-corrected chi connectivity index (χ1v) is 8.44. The molecule has 0 aliphatic carbocycles. The number of ether oxygens (including phenoxy) is 4. The zero-order valence-corrected chi connectivity index (χ0v) is 15.1. The highest BCUT2D eigenvalue weighted by Crippen LogP contribution is 2.32. The standard InChI is InChI=1S/C19H28O5/c1-19(2)12-23-17(24-13-19)11-6-5-9-15(20)14-8-7-10-16(21-3)18(14)22-4/h7-8,10,17H,5-6,9,11-13H2,1-4H3. The largest absolute Gasteiger partial charge is 0.493 e. The van der Waals surface area contributed by atoms with Gasteiger partial charge in [0, 0.05) is 11.8 Å². The normalized spacial score (nSPS) is 17.5. The highest BCUT2D eigenvalue weighted by atomic mass is 16.7. The van der Waals surface area contributed by atoms with E-state index in [4.69, 9.17) is 18.9 Å². The Kier molecular flexibility index (Phi) is 6.63. The molecule has 0 amide bonds. The van der Waals surface area contributed by atoms with Gasteiger partial charge in [-0.25, -0.2) is 0 Å². The molecule has 5 nitrogen and oxygen atoms in total. The molecule has 1 fully saturated rings.